The van der Waals surface area contributed by atoms with Gasteiger partial charge in [-0.25, -0.2) is 18.3 Å². The van der Waals surface area contributed by atoms with Crippen molar-refractivity contribution in [1.29, 1.82) is 0 Å². The lowest BCUT2D eigenvalue weighted by Gasteiger charge is -2.14. The van der Waals surface area contributed by atoms with E-state index < -0.39 is 21.0 Å². The second kappa shape index (κ2) is 12.4. The van der Waals surface area contributed by atoms with Gasteiger partial charge in [-0.1, -0.05) is 18.2 Å². The Morgan fingerprint density at radius 1 is 1.16 bits per heavy atom. The summed E-state index contributed by atoms with van der Waals surface area (Å²) in [5, 5.41) is 11.5. The molecule has 0 aliphatic heterocycles. The second-order valence-corrected chi connectivity index (χ2v) is 11.3. The topological polar surface area (TPSA) is 127 Å². The van der Waals surface area contributed by atoms with Crippen LogP contribution in [-0.4, -0.2) is 54.9 Å². The van der Waals surface area contributed by atoms with Crippen LogP contribution in [0.5, 0.6) is 0 Å². The van der Waals surface area contributed by atoms with Gasteiger partial charge in [0.25, 0.3) is 11.5 Å². The first kappa shape index (κ1) is 28.5. The van der Waals surface area contributed by atoms with E-state index in [2.05, 4.69) is 5.32 Å². The van der Waals surface area contributed by atoms with Crippen molar-refractivity contribution < 1.29 is 27.5 Å². The molecule has 11 heteroatoms. The molecule has 0 spiro atoms. The first-order chi connectivity index (χ1) is 17.5. The minimum absolute atomic E-state index is 0.0462. The number of ether oxygens (including phenoxy) is 1. The van der Waals surface area contributed by atoms with Gasteiger partial charge in [-0.05, 0) is 61.0 Å². The zero-order chi connectivity index (χ0) is 27.2. The number of hydrogen-bond donors (Lipinski definition) is 3. The zero-order valence-electron chi connectivity index (χ0n) is 21.0. The molecule has 0 aliphatic carbocycles. The van der Waals surface area contributed by atoms with Crippen LogP contribution in [-0.2, 0) is 32.5 Å². The average molecular weight is 534 g/mol. The highest BCUT2D eigenvalue weighted by Gasteiger charge is 2.28. The van der Waals surface area contributed by atoms with E-state index in [0.29, 0.717) is 41.6 Å². The quantitative estimate of drug-likeness (QED) is 0.186. The summed E-state index contributed by atoms with van der Waals surface area (Å²) < 4.78 is 45.4. The Bertz CT molecular complexity index is 1420. The van der Waals surface area contributed by atoms with Crippen LogP contribution in [0.25, 0.3) is 21.9 Å². The van der Waals surface area contributed by atoms with Crippen LogP contribution in [0, 0.1) is 5.82 Å². The molecule has 0 fully saturated rings. The van der Waals surface area contributed by atoms with Gasteiger partial charge in [-0.15, -0.1) is 0 Å². The van der Waals surface area contributed by atoms with Gasteiger partial charge in [0.2, 0.25) is 0 Å². The third-order valence-corrected chi connectivity index (χ3v) is 7.42. The Morgan fingerprint density at radius 3 is 2.57 bits per heavy atom. The molecule has 3 N–H and O–H groups in total. The van der Waals surface area contributed by atoms with Crippen LogP contribution in [0.3, 0.4) is 0 Å². The lowest BCUT2D eigenvalue weighted by atomic mass is 10.00. The third-order valence-electron chi connectivity index (χ3n) is 5.93. The number of nitrogens with zero attached hydrogens (tertiary/aromatic N) is 1. The molecule has 1 heterocycles. The van der Waals surface area contributed by atoms with Gasteiger partial charge >= 0.3 is 0 Å². The Morgan fingerprint density at radius 2 is 1.92 bits per heavy atom. The SMILES string of the molecule is CC(C)OCCNCc1ccc(-c2ccc3c(=O)n(CC[C@H](C(=O)NO)S(C)(=O)=O)ccc3c2)c(F)c1. The number of hydroxylamine groups is 1. The van der Waals surface area contributed by atoms with E-state index in [-0.39, 0.29) is 30.4 Å². The number of halogens is 1. The summed E-state index contributed by atoms with van der Waals surface area (Å²) >= 11 is 0. The number of carbonyl (C=O) groups is 1. The maximum absolute atomic E-state index is 14.9. The lowest BCUT2D eigenvalue weighted by molar-refractivity contribution is -0.128. The van der Waals surface area contributed by atoms with E-state index in [4.69, 9.17) is 9.94 Å². The van der Waals surface area contributed by atoms with Crippen molar-refractivity contribution in [2.75, 3.05) is 19.4 Å². The van der Waals surface area contributed by atoms with Gasteiger partial charge in [-0.3, -0.25) is 14.8 Å². The predicted molar refractivity (Wildman–Crippen MR) is 140 cm³/mol. The molecule has 9 nitrogen and oxygen atoms in total. The highest BCUT2D eigenvalue weighted by atomic mass is 32.2. The number of aryl methyl sites for hydroxylation is 1. The summed E-state index contributed by atoms with van der Waals surface area (Å²) in [6, 6.07) is 11.7. The number of amides is 1. The van der Waals surface area contributed by atoms with E-state index in [0.717, 1.165) is 11.8 Å². The minimum Gasteiger partial charge on any atom is -0.377 e. The van der Waals surface area contributed by atoms with Gasteiger partial charge in [0.15, 0.2) is 9.84 Å². The molecule has 0 radical (unpaired) electrons. The van der Waals surface area contributed by atoms with Crippen molar-refractivity contribution in [3.8, 4) is 11.1 Å². The van der Waals surface area contributed by atoms with Crippen molar-refractivity contribution in [1.82, 2.24) is 15.4 Å². The number of pyridine rings is 1. The van der Waals surface area contributed by atoms with Crippen molar-refractivity contribution in [2.45, 2.75) is 44.7 Å². The number of fused-ring (bicyclic) bond motifs is 1. The average Bonchev–Trinajstić information content (AvgIpc) is 2.84. The summed E-state index contributed by atoms with van der Waals surface area (Å²) in [5.74, 6) is -1.43. The van der Waals surface area contributed by atoms with Gasteiger partial charge in [0, 0.05) is 43.0 Å². The molecule has 2 aromatic carbocycles. The summed E-state index contributed by atoms with van der Waals surface area (Å²) in [6.07, 6.45) is 2.36. The maximum atomic E-state index is 14.9. The van der Waals surface area contributed by atoms with Crippen LogP contribution >= 0.6 is 0 Å². The summed E-state index contributed by atoms with van der Waals surface area (Å²) in [7, 11) is -3.79. The van der Waals surface area contributed by atoms with Gasteiger partial charge in [0.1, 0.15) is 11.1 Å². The van der Waals surface area contributed by atoms with Crippen molar-refractivity contribution in [3.05, 3.63) is 70.4 Å². The van der Waals surface area contributed by atoms with E-state index >= 15 is 0 Å². The number of sulfone groups is 1. The third kappa shape index (κ3) is 7.45. The minimum atomic E-state index is -3.79. The first-order valence-electron chi connectivity index (χ1n) is 11.9. The molecule has 37 heavy (non-hydrogen) atoms. The number of rotatable bonds is 12. The number of aromatic nitrogens is 1. The van der Waals surface area contributed by atoms with Crippen molar-refractivity contribution >= 4 is 26.5 Å². The number of carbonyl (C=O) groups excluding carboxylic acids is 1. The maximum Gasteiger partial charge on any atom is 0.261 e. The molecular formula is C26H32FN3O6S. The normalized spacial score (nSPS) is 12.7. The second-order valence-electron chi connectivity index (χ2n) is 9.11. The van der Waals surface area contributed by atoms with E-state index in [1.54, 1.807) is 30.3 Å². The highest BCUT2D eigenvalue weighted by molar-refractivity contribution is 7.92. The molecule has 0 saturated carbocycles. The lowest BCUT2D eigenvalue weighted by Crippen LogP contribution is -2.39. The van der Waals surface area contributed by atoms with E-state index in [1.165, 1.54) is 22.3 Å². The molecule has 0 unspecified atom stereocenters. The van der Waals surface area contributed by atoms with E-state index in [9.17, 15) is 22.4 Å². The highest BCUT2D eigenvalue weighted by Crippen LogP contribution is 2.26. The summed E-state index contributed by atoms with van der Waals surface area (Å²) in [6.45, 7) is 5.63. The monoisotopic (exact) mass is 533 g/mol. The number of hydrogen-bond acceptors (Lipinski definition) is 7. The Balaban J connectivity index is 1.75. The molecule has 0 bridgehead atoms. The molecule has 1 atom stereocenters. The van der Waals surface area contributed by atoms with Gasteiger partial charge in [-0.2, -0.15) is 0 Å². The molecule has 0 aliphatic rings. The predicted octanol–water partition coefficient (Wildman–Crippen LogP) is 2.63. The summed E-state index contributed by atoms with van der Waals surface area (Å²) in [4.78, 5) is 24.7. The smallest absolute Gasteiger partial charge is 0.261 e. The molecule has 1 amide bonds. The van der Waals surface area contributed by atoms with Gasteiger partial charge in [0.05, 0.1) is 12.7 Å². The Hall–Kier alpha value is -3.12. The standard InChI is InChI=1S/C26H32FN3O6S/c1-17(2)36-13-10-28-16-18-4-6-21(23(27)14-18)19-5-7-22-20(15-19)8-11-30(26(22)32)12-9-24(25(31)29-33)37(3,34)35/h4-8,11,14-15,17,24,28,33H,9-10,12-13,16H2,1-3H3,(H,29,31)/t24-/m1/s1. The number of benzene rings is 2. The molecule has 3 aromatic rings. The van der Waals surface area contributed by atoms with Crippen LogP contribution in [0.15, 0.2) is 53.5 Å². The van der Waals surface area contributed by atoms with Crippen LogP contribution in [0.2, 0.25) is 0 Å². The van der Waals surface area contributed by atoms with Crippen LogP contribution < -0.4 is 16.4 Å². The molecule has 3 rings (SSSR count). The molecule has 1 aromatic heterocycles. The Kier molecular flexibility index (Phi) is 9.55. The summed E-state index contributed by atoms with van der Waals surface area (Å²) in [5.41, 5.74) is 2.81. The molecule has 200 valence electrons. The van der Waals surface area contributed by atoms with Gasteiger partial charge < -0.3 is 14.6 Å². The van der Waals surface area contributed by atoms with E-state index in [1.807, 2.05) is 19.9 Å². The zero-order valence-corrected chi connectivity index (χ0v) is 21.8. The van der Waals surface area contributed by atoms with Crippen molar-refractivity contribution in [3.63, 3.8) is 0 Å². The fourth-order valence-electron chi connectivity index (χ4n) is 4.00. The Labute approximate surface area is 215 Å². The van der Waals surface area contributed by atoms with Crippen LogP contribution in [0.1, 0.15) is 25.8 Å². The largest absolute Gasteiger partial charge is 0.377 e. The number of nitrogens with one attached hydrogen (secondary N) is 2. The first-order valence-corrected chi connectivity index (χ1v) is 13.8. The van der Waals surface area contributed by atoms with Crippen molar-refractivity contribution in [2.24, 2.45) is 0 Å². The molecular weight excluding hydrogens is 501 g/mol. The fraction of sp³-hybridized carbons (Fsp3) is 0.385. The fourth-order valence-corrected chi connectivity index (χ4v) is 4.98. The molecule has 0 saturated heterocycles. The van der Waals surface area contributed by atoms with Crippen LogP contribution in [0.4, 0.5) is 4.39 Å².